The molecule has 0 bridgehead atoms. The zero-order chi connectivity index (χ0) is 13.9. The third kappa shape index (κ3) is 3.78. The van der Waals surface area contributed by atoms with Crippen molar-refractivity contribution in [1.29, 1.82) is 0 Å². The molecule has 106 valence electrons. The second kappa shape index (κ2) is 6.03. The van der Waals surface area contributed by atoms with E-state index in [9.17, 15) is 8.42 Å². The summed E-state index contributed by atoms with van der Waals surface area (Å²) in [6.07, 6.45) is 1.89. The van der Waals surface area contributed by atoms with Crippen LogP contribution in [-0.2, 0) is 22.4 Å². The maximum absolute atomic E-state index is 12.3. The molecule has 4 nitrogen and oxygen atoms in total. The topological polar surface area (TPSA) is 57.6 Å². The van der Waals surface area contributed by atoms with Crippen LogP contribution >= 0.6 is 0 Å². The highest BCUT2D eigenvalue weighted by Gasteiger charge is 2.26. The zero-order valence-electron chi connectivity index (χ0n) is 11.2. The van der Waals surface area contributed by atoms with E-state index in [4.69, 9.17) is 5.11 Å². The molecule has 1 N–H and O–H groups in total. The second-order valence-corrected chi connectivity index (χ2v) is 7.28. The summed E-state index contributed by atoms with van der Waals surface area (Å²) in [4.78, 5) is 0. The highest BCUT2D eigenvalue weighted by atomic mass is 32.2. The normalized spacial score (nSPS) is 18.6. The van der Waals surface area contributed by atoms with Crippen LogP contribution in [0.25, 0.3) is 0 Å². The number of aliphatic hydroxyl groups excluding tert-OH is 1. The van der Waals surface area contributed by atoms with Gasteiger partial charge in [-0.1, -0.05) is 31.2 Å². The molecule has 0 unspecified atom stereocenters. The van der Waals surface area contributed by atoms with Crippen molar-refractivity contribution >= 4 is 10.0 Å². The molecule has 1 aliphatic rings. The van der Waals surface area contributed by atoms with Gasteiger partial charge in [0.2, 0.25) is 10.0 Å². The molecule has 0 aromatic heterocycles. The van der Waals surface area contributed by atoms with E-state index in [2.05, 4.69) is 6.92 Å². The number of hydrogen-bond acceptors (Lipinski definition) is 3. The molecule has 1 aromatic rings. The lowest BCUT2D eigenvalue weighted by atomic mass is 10.0. The molecule has 1 heterocycles. The fourth-order valence-electron chi connectivity index (χ4n) is 2.31. The first-order valence-corrected chi connectivity index (χ1v) is 8.28. The Labute approximate surface area is 115 Å². The van der Waals surface area contributed by atoms with Crippen LogP contribution < -0.4 is 0 Å². The third-order valence-corrected chi connectivity index (χ3v) is 5.54. The Bertz CT molecular complexity index is 502. The Kier molecular flexibility index (Phi) is 4.60. The first-order valence-electron chi connectivity index (χ1n) is 6.68. The molecular formula is C14H21NO3S. The highest BCUT2D eigenvalue weighted by Crippen LogP contribution is 2.21. The van der Waals surface area contributed by atoms with Crippen LogP contribution in [0, 0.1) is 5.92 Å². The first kappa shape index (κ1) is 14.5. The van der Waals surface area contributed by atoms with E-state index in [0.29, 0.717) is 19.0 Å². The largest absolute Gasteiger partial charge is 0.392 e. The fraction of sp³-hybridized carbons (Fsp3) is 0.571. The van der Waals surface area contributed by atoms with Crippen LogP contribution in [0.15, 0.2) is 24.3 Å². The summed E-state index contributed by atoms with van der Waals surface area (Å²) < 4.78 is 26.2. The molecule has 1 saturated heterocycles. The number of sulfonamides is 1. The van der Waals surface area contributed by atoms with Gasteiger partial charge in [0.05, 0.1) is 12.4 Å². The maximum atomic E-state index is 12.3. The number of hydrogen-bond donors (Lipinski definition) is 1. The van der Waals surface area contributed by atoms with Crippen LogP contribution in [0.5, 0.6) is 0 Å². The van der Waals surface area contributed by atoms with Gasteiger partial charge >= 0.3 is 0 Å². The predicted molar refractivity (Wildman–Crippen MR) is 75.0 cm³/mol. The molecule has 0 amide bonds. The molecule has 0 saturated carbocycles. The Morgan fingerprint density at radius 2 is 1.68 bits per heavy atom. The number of aliphatic hydroxyl groups is 1. The summed E-state index contributed by atoms with van der Waals surface area (Å²) in [5.74, 6) is 0.669. The molecule has 0 atom stereocenters. The van der Waals surface area contributed by atoms with E-state index in [-0.39, 0.29) is 12.4 Å². The number of nitrogens with zero attached hydrogens (tertiary/aromatic N) is 1. The van der Waals surface area contributed by atoms with Crippen LogP contribution in [0.4, 0.5) is 0 Å². The Morgan fingerprint density at radius 3 is 2.21 bits per heavy atom. The first-order chi connectivity index (χ1) is 9.01. The van der Waals surface area contributed by atoms with Gasteiger partial charge in [-0.25, -0.2) is 12.7 Å². The van der Waals surface area contributed by atoms with Crippen molar-refractivity contribution in [3.8, 4) is 0 Å². The van der Waals surface area contributed by atoms with Crippen molar-refractivity contribution in [2.45, 2.75) is 32.1 Å². The average molecular weight is 283 g/mol. The molecule has 0 spiro atoms. The summed E-state index contributed by atoms with van der Waals surface area (Å²) in [5, 5.41) is 8.96. The summed E-state index contributed by atoms with van der Waals surface area (Å²) in [7, 11) is -3.21. The van der Waals surface area contributed by atoms with Crippen LogP contribution in [0.1, 0.15) is 30.9 Å². The van der Waals surface area contributed by atoms with Gasteiger partial charge in [0.15, 0.2) is 0 Å². The summed E-state index contributed by atoms with van der Waals surface area (Å²) in [6.45, 7) is 3.42. The van der Waals surface area contributed by atoms with Crippen molar-refractivity contribution in [3.63, 3.8) is 0 Å². The second-order valence-electron chi connectivity index (χ2n) is 5.31. The van der Waals surface area contributed by atoms with E-state index in [1.165, 1.54) is 0 Å². The van der Waals surface area contributed by atoms with Gasteiger partial charge in [-0.05, 0) is 29.9 Å². The van der Waals surface area contributed by atoms with Crippen molar-refractivity contribution in [3.05, 3.63) is 35.4 Å². The van der Waals surface area contributed by atoms with Crippen LogP contribution in [-0.4, -0.2) is 30.9 Å². The molecule has 1 aromatic carbocycles. The van der Waals surface area contributed by atoms with E-state index >= 15 is 0 Å². The van der Waals surface area contributed by atoms with Gasteiger partial charge in [-0.2, -0.15) is 0 Å². The smallest absolute Gasteiger partial charge is 0.218 e. The van der Waals surface area contributed by atoms with Gasteiger partial charge in [0, 0.05) is 13.1 Å². The van der Waals surface area contributed by atoms with E-state index in [1.54, 1.807) is 28.6 Å². The number of piperidine rings is 1. The minimum Gasteiger partial charge on any atom is -0.392 e. The molecule has 19 heavy (non-hydrogen) atoms. The molecule has 2 rings (SSSR count). The highest BCUT2D eigenvalue weighted by molar-refractivity contribution is 7.88. The van der Waals surface area contributed by atoms with Crippen molar-refractivity contribution in [2.24, 2.45) is 5.92 Å². The molecule has 1 aliphatic heterocycles. The SMILES string of the molecule is CC1CCN(S(=O)(=O)Cc2ccc(CO)cc2)CC1. The maximum Gasteiger partial charge on any atom is 0.218 e. The number of rotatable bonds is 4. The lowest BCUT2D eigenvalue weighted by Crippen LogP contribution is -2.38. The Morgan fingerprint density at radius 1 is 1.16 bits per heavy atom. The quantitative estimate of drug-likeness (QED) is 0.915. The van der Waals surface area contributed by atoms with Crippen LogP contribution in [0.2, 0.25) is 0 Å². The molecule has 1 fully saturated rings. The van der Waals surface area contributed by atoms with Crippen molar-refractivity contribution in [1.82, 2.24) is 4.31 Å². The van der Waals surface area contributed by atoms with Gasteiger partial charge < -0.3 is 5.11 Å². The zero-order valence-corrected chi connectivity index (χ0v) is 12.1. The van der Waals surface area contributed by atoms with Crippen LogP contribution in [0.3, 0.4) is 0 Å². The van der Waals surface area contributed by atoms with Gasteiger partial charge in [-0.15, -0.1) is 0 Å². The fourth-order valence-corrected chi connectivity index (χ4v) is 3.87. The Balaban J connectivity index is 2.03. The summed E-state index contributed by atoms with van der Waals surface area (Å²) in [5.41, 5.74) is 1.57. The average Bonchev–Trinajstić information content (AvgIpc) is 2.40. The standard InChI is InChI=1S/C14H21NO3S/c1-12-6-8-15(9-7-12)19(17,18)11-14-4-2-13(10-16)3-5-14/h2-5,12,16H,6-11H2,1H3. The molecule has 5 heteroatoms. The minimum atomic E-state index is -3.21. The summed E-state index contributed by atoms with van der Waals surface area (Å²) >= 11 is 0. The summed E-state index contributed by atoms with van der Waals surface area (Å²) in [6, 6.07) is 7.08. The monoisotopic (exact) mass is 283 g/mol. The number of benzene rings is 1. The Hall–Kier alpha value is -0.910. The lowest BCUT2D eigenvalue weighted by molar-refractivity contribution is 0.282. The van der Waals surface area contributed by atoms with Gasteiger partial charge in [0.25, 0.3) is 0 Å². The van der Waals surface area contributed by atoms with Crippen molar-refractivity contribution in [2.75, 3.05) is 13.1 Å². The van der Waals surface area contributed by atoms with E-state index in [1.807, 2.05) is 0 Å². The van der Waals surface area contributed by atoms with Gasteiger partial charge in [-0.3, -0.25) is 0 Å². The third-order valence-electron chi connectivity index (χ3n) is 3.69. The predicted octanol–water partition coefficient (Wildman–Crippen LogP) is 1.74. The van der Waals surface area contributed by atoms with Gasteiger partial charge in [0.1, 0.15) is 0 Å². The molecule has 0 radical (unpaired) electrons. The molecular weight excluding hydrogens is 262 g/mol. The van der Waals surface area contributed by atoms with E-state index < -0.39 is 10.0 Å². The lowest BCUT2D eigenvalue weighted by Gasteiger charge is -2.29. The minimum absolute atomic E-state index is 0.0168. The van der Waals surface area contributed by atoms with Crippen molar-refractivity contribution < 1.29 is 13.5 Å². The molecule has 0 aliphatic carbocycles. The van der Waals surface area contributed by atoms with E-state index in [0.717, 1.165) is 24.0 Å².